The standard InChI is InChI=1S/C14H16BrF3O9/c1-4(19)7(22)10-12(25,6(3)21)11(24,5(2)20)8(13(15,26)27-10)9(23)14(16,17)18/h7-8,10,22,24-26H,1-3H3/t7?,8-,10-,11-,12-,13?/m1/s1/i1D,2D,3D. The summed E-state index contributed by atoms with van der Waals surface area (Å²) in [6.07, 6.45) is -11.6. The van der Waals surface area contributed by atoms with Gasteiger partial charge in [-0.25, -0.2) is 0 Å². The van der Waals surface area contributed by atoms with Crippen LogP contribution < -0.4 is 0 Å². The van der Waals surface area contributed by atoms with Gasteiger partial charge in [-0.3, -0.25) is 19.2 Å². The second kappa shape index (κ2) is 6.97. The van der Waals surface area contributed by atoms with Crippen LogP contribution in [-0.2, 0) is 23.9 Å². The van der Waals surface area contributed by atoms with E-state index in [9.17, 15) is 52.8 Å². The molecule has 0 aliphatic carbocycles. The number of Topliss-reactive ketones (excluding diaryl/α,β-unsaturated/α-hetero) is 4. The number of ether oxygens (including phenoxy) is 1. The van der Waals surface area contributed by atoms with Crippen LogP contribution in [0.25, 0.3) is 0 Å². The lowest BCUT2D eigenvalue weighted by Crippen LogP contribution is -2.82. The molecule has 0 aromatic carbocycles. The first-order valence-electron chi connectivity index (χ1n) is 8.90. The highest BCUT2D eigenvalue weighted by molar-refractivity contribution is 9.10. The van der Waals surface area contributed by atoms with Crippen LogP contribution in [0.1, 0.15) is 24.8 Å². The van der Waals surface area contributed by atoms with Crippen LogP contribution in [0.4, 0.5) is 13.2 Å². The molecular formula is C14H16BrF3O9. The molecule has 27 heavy (non-hydrogen) atoms. The van der Waals surface area contributed by atoms with Crippen LogP contribution in [0, 0.1) is 5.92 Å². The van der Waals surface area contributed by atoms with Gasteiger partial charge in [0.15, 0.2) is 28.6 Å². The van der Waals surface area contributed by atoms with Crippen molar-refractivity contribution in [3.05, 3.63) is 0 Å². The lowest BCUT2D eigenvalue weighted by Gasteiger charge is -2.56. The van der Waals surface area contributed by atoms with Crippen LogP contribution in [0.3, 0.4) is 0 Å². The average molecular weight is 468 g/mol. The monoisotopic (exact) mass is 467 g/mol. The third-order valence-corrected chi connectivity index (χ3v) is 4.71. The van der Waals surface area contributed by atoms with Crippen molar-refractivity contribution in [1.82, 2.24) is 0 Å². The quantitative estimate of drug-likeness (QED) is 0.363. The van der Waals surface area contributed by atoms with Gasteiger partial charge in [-0.15, -0.1) is 0 Å². The Bertz CT molecular complexity index is 750. The summed E-state index contributed by atoms with van der Waals surface area (Å²) in [5, 5.41) is 42.1. The number of hydrogen-bond donors (Lipinski definition) is 4. The van der Waals surface area contributed by atoms with E-state index in [-0.39, 0.29) is 0 Å². The summed E-state index contributed by atoms with van der Waals surface area (Å²) in [5.74, 6) is -12.2. The normalized spacial score (nSPS) is 39.6. The van der Waals surface area contributed by atoms with Crippen LogP contribution >= 0.6 is 15.9 Å². The van der Waals surface area contributed by atoms with Gasteiger partial charge in [0.2, 0.25) is 10.5 Å². The minimum Gasteiger partial charge on any atom is -0.382 e. The molecule has 1 saturated heterocycles. The smallest absolute Gasteiger partial charge is 0.382 e. The lowest BCUT2D eigenvalue weighted by atomic mass is 9.62. The highest BCUT2D eigenvalue weighted by Gasteiger charge is 2.78. The van der Waals surface area contributed by atoms with Gasteiger partial charge in [-0.2, -0.15) is 13.2 Å². The summed E-state index contributed by atoms with van der Waals surface area (Å²) in [7, 11) is 0. The topological polar surface area (TPSA) is 158 Å². The maximum absolute atomic E-state index is 13.1. The molecule has 1 aliphatic heterocycles. The van der Waals surface area contributed by atoms with Gasteiger partial charge < -0.3 is 25.2 Å². The Morgan fingerprint density at radius 3 is 1.96 bits per heavy atom. The van der Waals surface area contributed by atoms with E-state index in [0.29, 0.717) is 0 Å². The molecule has 2 unspecified atom stereocenters. The molecule has 4 N–H and O–H groups in total. The summed E-state index contributed by atoms with van der Waals surface area (Å²) >= 11 is 2.13. The molecular weight excluding hydrogens is 449 g/mol. The molecule has 6 atom stereocenters. The van der Waals surface area contributed by atoms with Crippen molar-refractivity contribution in [2.75, 3.05) is 0 Å². The number of carbonyl (C=O) groups excluding carboxylic acids is 4. The number of rotatable bonds is 5. The molecule has 0 radical (unpaired) electrons. The Kier molecular flexibility index (Phi) is 4.93. The van der Waals surface area contributed by atoms with Crippen molar-refractivity contribution in [3.8, 4) is 0 Å². The summed E-state index contributed by atoms with van der Waals surface area (Å²) in [6.45, 7) is -4.42. The number of aliphatic hydroxyl groups excluding tert-OH is 1. The second-order valence-electron chi connectivity index (χ2n) is 5.73. The zero-order chi connectivity index (χ0) is 23.9. The van der Waals surface area contributed by atoms with Gasteiger partial charge in [-0.1, -0.05) is 0 Å². The SMILES string of the molecule is [2H]CC(=O)C(O)[C@H]1OC(O)(Br)[C@H](C(=O)C(F)(F)F)[C@](O)(C(=O)C[2H])[C@@]1(O)C(=O)C[2H]. The first-order valence-corrected chi connectivity index (χ1v) is 7.57. The number of alkyl halides is 4. The van der Waals surface area contributed by atoms with E-state index in [1.54, 1.807) is 0 Å². The Morgan fingerprint density at radius 1 is 1.07 bits per heavy atom. The molecule has 9 nitrogen and oxygen atoms in total. The fourth-order valence-corrected chi connectivity index (χ4v) is 3.49. The molecule has 1 rings (SSSR count). The van der Waals surface area contributed by atoms with Crippen LogP contribution in [0.5, 0.6) is 0 Å². The number of ketones is 4. The highest BCUT2D eigenvalue weighted by Crippen LogP contribution is 2.52. The van der Waals surface area contributed by atoms with E-state index in [0.717, 1.165) is 0 Å². The molecule has 1 fully saturated rings. The molecule has 0 amide bonds. The third kappa shape index (κ3) is 3.47. The van der Waals surface area contributed by atoms with Crippen molar-refractivity contribution in [1.29, 1.82) is 0 Å². The van der Waals surface area contributed by atoms with E-state index >= 15 is 0 Å². The number of hydrogen-bond acceptors (Lipinski definition) is 9. The van der Waals surface area contributed by atoms with Gasteiger partial charge in [-0.05, 0) is 36.6 Å². The van der Waals surface area contributed by atoms with Crippen molar-refractivity contribution < 1.29 is 61.6 Å². The molecule has 154 valence electrons. The largest absolute Gasteiger partial charge is 0.450 e. The van der Waals surface area contributed by atoms with Crippen LogP contribution in [-0.4, -0.2) is 77.8 Å². The predicted molar refractivity (Wildman–Crippen MR) is 81.3 cm³/mol. The molecule has 0 saturated carbocycles. The van der Waals surface area contributed by atoms with Gasteiger partial charge >= 0.3 is 6.18 Å². The first kappa shape index (κ1) is 19.1. The molecule has 13 heteroatoms. The van der Waals surface area contributed by atoms with E-state index < -0.39 is 84.0 Å². The van der Waals surface area contributed by atoms with Crippen molar-refractivity contribution in [2.24, 2.45) is 5.92 Å². The predicted octanol–water partition coefficient (Wildman–Crippen LogP) is -1.24. The average Bonchev–Trinajstić information content (AvgIpc) is 2.66. The molecule has 0 aromatic rings. The highest BCUT2D eigenvalue weighted by atomic mass is 79.9. The molecule has 1 heterocycles. The maximum Gasteiger partial charge on any atom is 0.450 e. The maximum atomic E-state index is 13.1. The van der Waals surface area contributed by atoms with Gasteiger partial charge in [0.25, 0.3) is 0 Å². The number of aliphatic hydroxyl groups is 4. The van der Waals surface area contributed by atoms with Crippen molar-refractivity contribution in [3.63, 3.8) is 0 Å². The van der Waals surface area contributed by atoms with Crippen LogP contribution in [0.2, 0.25) is 0 Å². The summed E-state index contributed by atoms with van der Waals surface area (Å²) in [4.78, 5) is 48.3. The fourth-order valence-electron chi connectivity index (χ4n) is 2.75. The fraction of sp³-hybridized carbons (Fsp3) is 0.714. The van der Waals surface area contributed by atoms with Gasteiger partial charge in [0.1, 0.15) is 18.1 Å². The van der Waals surface area contributed by atoms with Gasteiger partial charge in [0.05, 0.1) is 0 Å². The summed E-state index contributed by atoms with van der Waals surface area (Å²) in [5.41, 5.74) is -8.34. The minimum absolute atomic E-state index is 1.23. The van der Waals surface area contributed by atoms with E-state index in [1.807, 2.05) is 0 Å². The van der Waals surface area contributed by atoms with E-state index in [4.69, 9.17) is 4.11 Å². The second-order valence-corrected chi connectivity index (χ2v) is 6.87. The zero-order valence-electron chi connectivity index (χ0n) is 16.2. The molecule has 1 aliphatic rings. The van der Waals surface area contributed by atoms with E-state index in [2.05, 4.69) is 20.7 Å². The Balaban J connectivity index is 4.01. The Labute approximate surface area is 162 Å². The van der Waals surface area contributed by atoms with Gasteiger partial charge in [0, 0.05) is 4.11 Å². The third-order valence-electron chi connectivity index (χ3n) is 4.07. The molecule has 0 bridgehead atoms. The first-order chi connectivity index (χ1) is 13.5. The van der Waals surface area contributed by atoms with E-state index in [1.165, 1.54) is 0 Å². The van der Waals surface area contributed by atoms with Crippen molar-refractivity contribution in [2.45, 2.75) is 55.0 Å². The number of halogens is 4. The van der Waals surface area contributed by atoms with Crippen molar-refractivity contribution >= 4 is 39.1 Å². The summed E-state index contributed by atoms with van der Waals surface area (Å²) in [6, 6.07) is 0. The summed E-state index contributed by atoms with van der Waals surface area (Å²) < 4.78 is 61.4. The zero-order valence-corrected chi connectivity index (χ0v) is 14.8. The lowest BCUT2D eigenvalue weighted by molar-refractivity contribution is -0.336. The number of carbonyl (C=O) groups is 4. The Morgan fingerprint density at radius 2 is 1.56 bits per heavy atom. The minimum atomic E-state index is -5.88. The Hall–Kier alpha value is -1.25. The molecule has 0 aromatic heterocycles. The van der Waals surface area contributed by atoms with Crippen LogP contribution in [0.15, 0.2) is 0 Å². The molecule has 0 spiro atoms.